The molecule has 2 heterocycles. The largest absolute Gasteiger partial charge is 0.492 e. The molecule has 0 saturated heterocycles. The summed E-state index contributed by atoms with van der Waals surface area (Å²) < 4.78 is 51.4. The first kappa shape index (κ1) is 24.1. The van der Waals surface area contributed by atoms with E-state index in [-0.39, 0.29) is 22.1 Å². The Morgan fingerprint density at radius 2 is 1.91 bits per heavy atom. The molecule has 4 rings (SSSR count). The number of hydrogen-bond acceptors (Lipinski definition) is 6. The predicted octanol–water partition coefficient (Wildman–Crippen LogP) is 4.40. The third-order valence-corrected chi connectivity index (χ3v) is 8.97. The Balaban J connectivity index is 1.81. The number of rotatable bonds is 5. The Bertz CT molecular complexity index is 1280. The van der Waals surface area contributed by atoms with Gasteiger partial charge >= 0.3 is 0 Å². The van der Waals surface area contributed by atoms with Crippen LogP contribution in [-0.2, 0) is 15.4 Å². The highest BCUT2D eigenvalue weighted by Crippen LogP contribution is 2.38. The zero-order chi connectivity index (χ0) is 24.1. The molecular formula is C23H30FN3O4S2. The van der Waals surface area contributed by atoms with Gasteiger partial charge in [0.15, 0.2) is 16.5 Å². The van der Waals surface area contributed by atoms with Crippen molar-refractivity contribution in [3.8, 4) is 17.0 Å². The van der Waals surface area contributed by atoms with Crippen LogP contribution in [0.1, 0.15) is 57.0 Å². The number of aliphatic hydroxyl groups excluding tert-OH is 1. The molecule has 3 aromatic rings. The highest BCUT2D eigenvalue weighted by Gasteiger charge is 2.30. The minimum atomic E-state index is -4.06. The van der Waals surface area contributed by atoms with E-state index in [4.69, 9.17) is 4.74 Å². The van der Waals surface area contributed by atoms with Crippen molar-refractivity contribution in [2.45, 2.75) is 75.8 Å². The maximum absolute atomic E-state index is 15.1. The van der Waals surface area contributed by atoms with Gasteiger partial charge in [-0.25, -0.2) is 22.5 Å². The molecule has 7 nitrogen and oxygen atoms in total. The number of methoxy groups -OCH3 is 1. The molecule has 1 saturated carbocycles. The fourth-order valence-electron chi connectivity index (χ4n) is 4.23. The van der Waals surface area contributed by atoms with Gasteiger partial charge in [-0.3, -0.25) is 4.40 Å². The van der Waals surface area contributed by atoms with Gasteiger partial charge in [-0.1, -0.05) is 20.8 Å². The minimum absolute atomic E-state index is 0.0757. The summed E-state index contributed by atoms with van der Waals surface area (Å²) in [6.07, 6.45) is 3.68. The monoisotopic (exact) mass is 495 g/mol. The minimum Gasteiger partial charge on any atom is -0.492 e. The number of fused-ring (bicyclic) bond motifs is 1. The first-order valence-electron chi connectivity index (χ1n) is 11.0. The highest BCUT2D eigenvalue weighted by molar-refractivity contribution is 7.89. The summed E-state index contributed by atoms with van der Waals surface area (Å²) in [7, 11) is -2.81. The van der Waals surface area contributed by atoms with Crippen LogP contribution in [0.15, 0.2) is 23.2 Å². The number of aromatic nitrogens is 2. The molecule has 0 aliphatic heterocycles. The fraction of sp³-hybridized carbons (Fsp3) is 0.522. The van der Waals surface area contributed by atoms with Gasteiger partial charge in [0.2, 0.25) is 10.0 Å². The van der Waals surface area contributed by atoms with E-state index in [0.29, 0.717) is 42.6 Å². The fourth-order valence-corrected chi connectivity index (χ4v) is 6.82. The molecule has 1 aromatic carbocycles. The molecule has 33 heavy (non-hydrogen) atoms. The summed E-state index contributed by atoms with van der Waals surface area (Å²) in [4.78, 5) is 6.27. The van der Waals surface area contributed by atoms with Crippen molar-refractivity contribution in [3.63, 3.8) is 0 Å². The standard InChI is InChI=1S/C23H30FN3O4S2/c1-13-20(27-12-19(23(2,3)4)32-22(27)25-13)14-10-17(24)21(31-5)18(11-14)33(29,30)26-15-6-8-16(28)9-7-15/h10-12,15-16,26,28H,6-9H2,1-5H3. The van der Waals surface area contributed by atoms with Crippen LogP contribution in [0.3, 0.4) is 0 Å². The average molecular weight is 496 g/mol. The van der Waals surface area contributed by atoms with Gasteiger partial charge in [-0.15, -0.1) is 11.3 Å². The van der Waals surface area contributed by atoms with Crippen molar-refractivity contribution in [2.24, 2.45) is 0 Å². The van der Waals surface area contributed by atoms with Crippen molar-refractivity contribution in [1.82, 2.24) is 14.1 Å². The summed E-state index contributed by atoms with van der Waals surface area (Å²) in [5.41, 5.74) is 1.67. The van der Waals surface area contributed by atoms with Gasteiger partial charge in [0.05, 0.1) is 24.6 Å². The summed E-state index contributed by atoms with van der Waals surface area (Å²) in [6.45, 7) is 8.16. The zero-order valence-electron chi connectivity index (χ0n) is 19.5. The van der Waals surface area contributed by atoms with E-state index in [1.807, 2.05) is 17.5 Å². The van der Waals surface area contributed by atoms with Gasteiger partial charge in [0.1, 0.15) is 4.90 Å². The molecule has 2 aromatic heterocycles. The van der Waals surface area contributed by atoms with Crippen LogP contribution in [0.5, 0.6) is 5.75 Å². The second kappa shape index (κ2) is 8.65. The van der Waals surface area contributed by atoms with E-state index in [9.17, 15) is 13.5 Å². The first-order valence-corrected chi connectivity index (χ1v) is 13.3. The maximum Gasteiger partial charge on any atom is 0.244 e. The van der Waals surface area contributed by atoms with Crippen molar-refractivity contribution in [1.29, 1.82) is 0 Å². The Hall–Kier alpha value is -2.01. The Morgan fingerprint density at radius 3 is 2.52 bits per heavy atom. The van der Waals surface area contributed by atoms with Crippen molar-refractivity contribution in [3.05, 3.63) is 34.7 Å². The van der Waals surface area contributed by atoms with Crippen molar-refractivity contribution >= 4 is 26.3 Å². The smallest absolute Gasteiger partial charge is 0.244 e. The van der Waals surface area contributed by atoms with Crippen LogP contribution >= 0.6 is 11.3 Å². The number of nitrogens with zero attached hydrogens (tertiary/aromatic N) is 2. The number of aliphatic hydroxyl groups is 1. The topological polar surface area (TPSA) is 92.9 Å². The van der Waals surface area contributed by atoms with Crippen molar-refractivity contribution < 1.29 is 22.7 Å². The van der Waals surface area contributed by atoms with E-state index in [1.165, 1.54) is 19.2 Å². The molecule has 1 fully saturated rings. The number of imidazole rings is 1. The van der Waals surface area contributed by atoms with Crippen LogP contribution < -0.4 is 9.46 Å². The van der Waals surface area contributed by atoms with Gasteiger partial charge in [0, 0.05) is 22.7 Å². The molecule has 2 N–H and O–H groups in total. The van der Waals surface area contributed by atoms with E-state index in [0.717, 1.165) is 9.84 Å². The van der Waals surface area contributed by atoms with E-state index >= 15 is 4.39 Å². The second-order valence-electron chi connectivity index (χ2n) is 9.66. The summed E-state index contributed by atoms with van der Waals surface area (Å²) >= 11 is 1.56. The van der Waals surface area contributed by atoms with Crippen LogP contribution in [0.4, 0.5) is 4.39 Å². The lowest BCUT2D eigenvalue weighted by Gasteiger charge is -2.26. The predicted molar refractivity (Wildman–Crippen MR) is 127 cm³/mol. The Labute approximate surface area is 197 Å². The van der Waals surface area contributed by atoms with Crippen molar-refractivity contribution in [2.75, 3.05) is 7.11 Å². The Morgan fingerprint density at radius 1 is 1.24 bits per heavy atom. The Kier molecular flexibility index (Phi) is 6.32. The van der Waals surface area contributed by atoms with Crippen LogP contribution in [0.2, 0.25) is 0 Å². The van der Waals surface area contributed by atoms with Gasteiger partial charge in [0.25, 0.3) is 0 Å². The van der Waals surface area contributed by atoms with Crippen LogP contribution in [-0.4, -0.2) is 42.2 Å². The summed E-state index contributed by atoms with van der Waals surface area (Å²) in [5.74, 6) is -1.07. The molecule has 10 heteroatoms. The summed E-state index contributed by atoms with van der Waals surface area (Å²) in [6, 6.07) is 2.43. The number of aryl methyl sites for hydroxylation is 1. The first-order chi connectivity index (χ1) is 15.4. The van der Waals surface area contributed by atoms with Crippen LogP contribution in [0, 0.1) is 12.7 Å². The zero-order valence-corrected chi connectivity index (χ0v) is 21.1. The number of hydrogen-bond donors (Lipinski definition) is 2. The van der Waals surface area contributed by atoms with Crippen LogP contribution in [0.25, 0.3) is 16.2 Å². The molecule has 0 spiro atoms. The van der Waals surface area contributed by atoms with Gasteiger partial charge in [-0.05, 0) is 50.2 Å². The van der Waals surface area contributed by atoms with E-state index in [1.54, 1.807) is 11.3 Å². The number of sulfonamides is 1. The molecule has 0 amide bonds. The van der Waals surface area contributed by atoms with E-state index in [2.05, 4.69) is 30.5 Å². The molecule has 0 bridgehead atoms. The third kappa shape index (κ3) is 4.66. The second-order valence-corrected chi connectivity index (χ2v) is 12.4. The molecule has 1 aliphatic rings. The maximum atomic E-state index is 15.1. The molecule has 1 aliphatic carbocycles. The number of thiazole rings is 1. The third-order valence-electron chi connectivity index (χ3n) is 6.03. The lowest BCUT2D eigenvalue weighted by atomic mass is 9.94. The van der Waals surface area contributed by atoms with E-state index < -0.39 is 21.9 Å². The lowest BCUT2D eigenvalue weighted by molar-refractivity contribution is 0.120. The molecule has 0 unspecified atom stereocenters. The van der Waals surface area contributed by atoms with Gasteiger partial charge in [-0.2, -0.15) is 0 Å². The normalized spacial score (nSPS) is 19.8. The van der Waals surface area contributed by atoms with Gasteiger partial charge < -0.3 is 9.84 Å². The number of nitrogens with one attached hydrogen (secondary N) is 1. The average Bonchev–Trinajstić information content (AvgIpc) is 3.25. The molecule has 0 radical (unpaired) electrons. The lowest BCUT2D eigenvalue weighted by Crippen LogP contribution is -2.38. The quantitative estimate of drug-likeness (QED) is 0.547. The number of benzene rings is 1. The SMILES string of the molecule is COc1c(F)cc(-c2c(C)nc3sc(C(C)(C)C)cn23)cc1S(=O)(=O)NC1CCC(O)CC1. The number of ether oxygens (including phenoxy) is 1. The number of halogens is 1. The summed E-state index contributed by atoms with van der Waals surface area (Å²) in [5, 5.41) is 9.71. The molecule has 180 valence electrons. The highest BCUT2D eigenvalue weighted by atomic mass is 32.2. The molecule has 0 atom stereocenters. The molecular weight excluding hydrogens is 465 g/mol.